The van der Waals surface area contributed by atoms with Crippen molar-refractivity contribution in [3.63, 3.8) is 0 Å². The van der Waals surface area contributed by atoms with Gasteiger partial charge in [-0.1, -0.05) is 18.9 Å². The van der Waals surface area contributed by atoms with Gasteiger partial charge in [0.2, 0.25) is 0 Å². The van der Waals surface area contributed by atoms with E-state index in [0.29, 0.717) is 13.2 Å². The topological polar surface area (TPSA) is 50.7 Å². The standard InChI is InChI=1S/C16H23NO3/c18-9-3-8-17-16(6-1-2-7-16)13-4-5-14-15(12-13)20-11-10-19-14/h4-5,12,17-18H,1-3,6-11H2. The minimum absolute atomic E-state index is 0.0466. The molecule has 1 saturated carbocycles. The van der Waals surface area contributed by atoms with E-state index >= 15 is 0 Å². The molecule has 1 aromatic carbocycles. The monoisotopic (exact) mass is 277 g/mol. The molecule has 1 aliphatic heterocycles. The van der Waals surface area contributed by atoms with Crippen molar-refractivity contribution in [2.75, 3.05) is 26.4 Å². The average molecular weight is 277 g/mol. The molecule has 0 atom stereocenters. The van der Waals surface area contributed by atoms with E-state index in [0.717, 1.165) is 37.3 Å². The second-order valence-electron chi connectivity index (χ2n) is 5.65. The Morgan fingerprint density at radius 2 is 1.85 bits per heavy atom. The number of hydrogen-bond acceptors (Lipinski definition) is 4. The second-order valence-corrected chi connectivity index (χ2v) is 5.65. The van der Waals surface area contributed by atoms with Gasteiger partial charge in [-0.2, -0.15) is 0 Å². The van der Waals surface area contributed by atoms with Gasteiger partial charge in [0.15, 0.2) is 11.5 Å². The minimum Gasteiger partial charge on any atom is -0.486 e. The lowest BCUT2D eigenvalue weighted by Crippen LogP contribution is -2.40. The summed E-state index contributed by atoms with van der Waals surface area (Å²) in [5.41, 5.74) is 1.34. The van der Waals surface area contributed by atoms with Crippen molar-refractivity contribution >= 4 is 0 Å². The fraction of sp³-hybridized carbons (Fsp3) is 0.625. The van der Waals surface area contributed by atoms with Crippen molar-refractivity contribution in [1.82, 2.24) is 5.32 Å². The van der Waals surface area contributed by atoms with E-state index in [4.69, 9.17) is 14.6 Å². The number of aliphatic hydroxyl groups excluding tert-OH is 1. The lowest BCUT2D eigenvalue weighted by molar-refractivity contribution is 0.170. The van der Waals surface area contributed by atoms with Gasteiger partial charge in [-0.05, 0) is 43.5 Å². The lowest BCUT2D eigenvalue weighted by atomic mass is 9.87. The molecule has 0 amide bonds. The number of ether oxygens (including phenoxy) is 2. The highest BCUT2D eigenvalue weighted by Crippen LogP contribution is 2.42. The van der Waals surface area contributed by atoms with Gasteiger partial charge in [-0.25, -0.2) is 0 Å². The summed E-state index contributed by atoms with van der Waals surface area (Å²) in [6, 6.07) is 6.31. The smallest absolute Gasteiger partial charge is 0.161 e. The van der Waals surface area contributed by atoms with Crippen molar-refractivity contribution in [3.05, 3.63) is 23.8 Å². The lowest BCUT2D eigenvalue weighted by Gasteiger charge is -2.32. The zero-order valence-electron chi connectivity index (χ0n) is 11.9. The summed E-state index contributed by atoms with van der Waals surface area (Å²) in [7, 11) is 0. The molecule has 4 heteroatoms. The van der Waals surface area contributed by atoms with Crippen LogP contribution in [0.3, 0.4) is 0 Å². The first kappa shape index (κ1) is 13.7. The van der Waals surface area contributed by atoms with E-state index < -0.39 is 0 Å². The Hall–Kier alpha value is -1.26. The van der Waals surface area contributed by atoms with E-state index in [9.17, 15) is 0 Å². The van der Waals surface area contributed by atoms with Crippen LogP contribution in [0.1, 0.15) is 37.7 Å². The van der Waals surface area contributed by atoms with Gasteiger partial charge in [-0.3, -0.25) is 0 Å². The molecule has 0 saturated heterocycles. The van der Waals surface area contributed by atoms with Crippen molar-refractivity contribution < 1.29 is 14.6 Å². The Balaban J connectivity index is 1.83. The van der Waals surface area contributed by atoms with Crippen LogP contribution in [-0.2, 0) is 5.54 Å². The largest absolute Gasteiger partial charge is 0.486 e. The number of hydrogen-bond donors (Lipinski definition) is 2. The molecule has 1 aromatic rings. The fourth-order valence-electron chi connectivity index (χ4n) is 3.29. The Labute approximate surface area is 120 Å². The van der Waals surface area contributed by atoms with E-state index in [2.05, 4.69) is 17.4 Å². The van der Waals surface area contributed by atoms with Crippen LogP contribution < -0.4 is 14.8 Å². The number of benzene rings is 1. The molecule has 3 rings (SSSR count). The van der Waals surface area contributed by atoms with Gasteiger partial charge in [-0.15, -0.1) is 0 Å². The predicted molar refractivity (Wildman–Crippen MR) is 77.3 cm³/mol. The van der Waals surface area contributed by atoms with Crippen LogP contribution in [0.5, 0.6) is 11.5 Å². The summed E-state index contributed by atoms with van der Waals surface area (Å²) in [6.07, 6.45) is 5.60. The highest BCUT2D eigenvalue weighted by atomic mass is 16.6. The van der Waals surface area contributed by atoms with Crippen molar-refractivity contribution in [3.8, 4) is 11.5 Å². The molecule has 0 spiro atoms. The number of rotatable bonds is 5. The third-order valence-corrected chi connectivity index (χ3v) is 4.35. The Bertz CT molecular complexity index is 455. The minimum atomic E-state index is 0.0466. The molecule has 2 aliphatic rings. The van der Waals surface area contributed by atoms with E-state index in [-0.39, 0.29) is 12.1 Å². The summed E-state index contributed by atoms with van der Waals surface area (Å²) in [4.78, 5) is 0. The zero-order chi connectivity index (χ0) is 13.8. The van der Waals surface area contributed by atoms with E-state index in [1.54, 1.807) is 0 Å². The van der Waals surface area contributed by atoms with Gasteiger partial charge in [0.1, 0.15) is 13.2 Å². The third kappa shape index (κ3) is 2.63. The highest BCUT2D eigenvalue weighted by molar-refractivity contribution is 5.46. The van der Waals surface area contributed by atoms with Gasteiger partial charge in [0.05, 0.1) is 0 Å². The summed E-state index contributed by atoms with van der Waals surface area (Å²) in [6.45, 7) is 2.35. The van der Waals surface area contributed by atoms with Gasteiger partial charge in [0, 0.05) is 12.1 Å². The Morgan fingerprint density at radius 1 is 1.10 bits per heavy atom. The molecule has 1 aliphatic carbocycles. The van der Waals surface area contributed by atoms with Crippen LogP contribution in [0.15, 0.2) is 18.2 Å². The van der Waals surface area contributed by atoms with Crippen LogP contribution in [-0.4, -0.2) is 31.5 Å². The molecule has 1 heterocycles. The first-order valence-electron chi connectivity index (χ1n) is 7.60. The summed E-state index contributed by atoms with van der Waals surface area (Å²) in [5.74, 6) is 1.72. The molecule has 110 valence electrons. The molecule has 0 bridgehead atoms. The third-order valence-electron chi connectivity index (χ3n) is 4.35. The predicted octanol–water partition coefficient (Wildman–Crippen LogP) is 2.20. The quantitative estimate of drug-likeness (QED) is 0.810. The van der Waals surface area contributed by atoms with Crippen LogP contribution >= 0.6 is 0 Å². The maximum Gasteiger partial charge on any atom is 0.161 e. The van der Waals surface area contributed by atoms with Crippen molar-refractivity contribution in [1.29, 1.82) is 0 Å². The summed E-state index contributed by atoms with van der Waals surface area (Å²) < 4.78 is 11.3. The summed E-state index contributed by atoms with van der Waals surface area (Å²) >= 11 is 0. The molecular weight excluding hydrogens is 254 g/mol. The van der Waals surface area contributed by atoms with Crippen molar-refractivity contribution in [2.45, 2.75) is 37.6 Å². The molecular formula is C16H23NO3. The summed E-state index contributed by atoms with van der Waals surface area (Å²) in [5, 5.41) is 12.6. The molecule has 4 nitrogen and oxygen atoms in total. The van der Waals surface area contributed by atoms with Crippen LogP contribution in [0.2, 0.25) is 0 Å². The first-order chi connectivity index (χ1) is 9.84. The molecule has 1 fully saturated rings. The van der Waals surface area contributed by atoms with E-state index in [1.807, 2.05) is 6.07 Å². The Morgan fingerprint density at radius 3 is 2.60 bits per heavy atom. The van der Waals surface area contributed by atoms with Gasteiger partial charge >= 0.3 is 0 Å². The molecule has 0 radical (unpaired) electrons. The zero-order valence-corrected chi connectivity index (χ0v) is 11.9. The SMILES string of the molecule is OCCCNC1(c2ccc3c(c2)OCCO3)CCCC1. The van der Waals surface area contributed by atoms with Gasteiger partial charge < -0.3 is 19.9 Å². The fourth-order valence-corrected chi connectivity index (χ4v) is 3.29. The van der Waals surface area contributed by atoms with E-state index in [1.165, 1.54) is 18.4 Å². The number of nitrogens with one attached hydrogen (secondary N) is 1. The molecule has 0 unspecified atom stereocenters. The molecule has 2 N–H and O–H groups in total. The van der Waals surface area contributed by atoms with Crippen LogP contribution in [0.4, 0.5) is 0 Å². The van der Waals surface area contributed by atoms with Gasteiger partial charge in [0.25, 0.3) is 0 Å². The molecule has 20 heavy (non-hydrogen) atoms. The maximum absolute atomic E-state index is 8.98. The second kappa shape index (κ2) is 6.02. The highest BCUT2D eigenvalue weighted by Gasteiger charge is 2.35. The molecule has 0 aromatic heterocycles. The Kier molecular flexibility index (Phi) is 4.13. The number of aliphatic hydroxyl groups is 1. The van der Waals surface area contributed by atoms with Crippen molar-refractivity contribution in [2.24, 2.45) is 0 Å². The number of fused-ring (bicyclic) bond motifs is 1. The average Bonchev–Trinajstić information content (AvgIpc) is 2.97. The normalized spacial score (nSPS) is 20.1. The van der Waals surface area contributed by atoms with Crippen LogP contribution in [0, 0.1) is 0 Å². The first-order valence-corrected chi connectivity index (χ1v) is 7.60. The van der Waals surface area contributed by atoms with Crippen LogP contribution in [0.25, 0.3) is 0 Å². The maximum atomic E-state index is 8.98.